The first-order chi connectivity index (χ1) is 9.35. The highest BCUT2D eigenvalue weighted by atomic mass is 15.1. The van der Waals surface area contributed by atoms with Crippen molar-refractivity contribution in [3.63, 3.8) is 0 Å². The minimum atomic E-state index is 0.683. The average Bonchev–Trinajstić information content (AvgIpc) is 2.93. The zero-order chi connectivity index (χ0) is 13.1. The van der Waals surface area contributed by atoms with Gasteiger partial charge in [0.15, 0.2) is 0 Å². The fourth-order valence-electron chi connectivity index (χ4n) is 1.95. The fourth-order valence-corrected chi connectivity index (χ4v) is 1.95. The Hall–Kier alpha value is -2.80. The SMILES string of the molecule is N#Cc1ccc(CNc2ccc3cn[nH]c3c2)cc1. The second-order valence-corrected chi connectivity index (χ2v) is 4.33. The zero-order valence-corrected chi connectivity index (χ0v) is 10.2. The fraction of sp³-hybridized carbons (Fsp3) is 0.0667. The third-order valence-corrected chi connectivity index (χ3v) is 3.02. The molecule has 4 heteroatoms. The number of aromatic nitrogens is 2. The molecule has 0 atom stereocenters. The number of rotatable bonds is 3. The molecule has 1 aromatic heterocycles. The van der Waals surface area contributed by atoms with Crippen molar-refractivity contribution in [2.24, 2.45) is 0 Å². The van der Waals surface area contributed by atoms with Gasteiger partial charge in [0.05, 0.1) is 23.3 Å². The Morgan fingerprint density at radius 1 is 1.16 bits per heavy atom. The molecule has 92 valence electrons. The van der Waals surface area contributed by atoms with Gasteiger partial charge < -0.3 is 5.32 Å². The lowest BCUT2D eigenvalue weighted by Crippen LogP contribution is -1.99. The van der Waals surface area contributed by atoms with Crippen LogP contribution in [0.1, 0.15) is 11.1 Å². The number of hydrogen-bond donors (Lipinski definition) is 2. The zero-order valence-electron chi connectivity index (χ0n) is 10.2. The minimum Gasteiger partial charge on any atom is -0.381 e. The number of nitrogens with one attached hydrogen (secondary N) is 2. The third kappa shape index (κ3) is 2.40. The van der Waals surface area contributed by atoms with E-state index in [1.807, 2.05) is 42.5 Å². The molecule has 0 bridgehead atoms. The van der Waals surface area contributed by atoms with Crippen LogP contribution in [0.3, 0.4) is 0 Å². The largest absolute Gasteiger partial charge is 0.381 e. The molecule has 1 heterocycles. The summed E-state index contributed by atoms with van der Waals surface area (Å²) in [4.78, 5) is 0. The number of nitriles is 1. The van der Waals surface area contributed by atoms with Crippen LogP contribution in [0.2, 0.25) is 0 Å². The van der Waals surface area contributed by atoms with Crippen LogP contribution < -0.4 is 5.32 Å². The average molecular weight is 248 g/mol. The number of H-pyrrole nitrogens is 1. The summed E-state index contributed by atoms with van der Waals surface area (Å²) in [5.41, 5.74) is 3.89. The van der Waals surface area contributed by atoms with E-state index in [0.29, 0.717) is 5.56 Å². The van der Waals surface area contributed by atoms with Gasteiger partial charge in [-0.1, -0.05) is 12.1 Å². The Morgan fingerprint density at radius 2 is 2.00 bits per heavy atom. The molecule has 3 aromatic rings. The summed E-state index contributed by atoms with van der Waals surface area (Å²) < 4.78 is 0. The standard InChI is InChI=1S/C15H12N4/c16-8-11-1-3-12(4-2-11)9-17-14-6-5-13-10-18-19-15(13)7-14/h1-7,10,17H,9H2,(H,18,19). The van der Waals surface area contributed by atoms with Crippen LogP contribution >= 0.6 is 0 Å². The lowest BCUT2D eigenvalue weighted by Gasteiger charge is -2.06. The molecule has 0 fully saturated rings. The molecular weight excluding hydrogens is 236 g/mol. The predicted molar refractivity (Wildman–Crippen MR) is 74.6 cm³/mol. The molecule has 2 N–H and O–H groups in total. The van der Waals surface area contributed by atoms with Crippen molar-refractivity contribution in [1.82, 2.24) is 10.2 Å². The van der Waals surface area contributed by atoms with Gasteiger partial charge in [0.2, 0.25) is 0 Å². The summed E-state index contributed by atoms with van der Waals surface area (Å²) >= 11 is 0. The Labute approximate surface area is 110 Å². The summed E-state index contributed by atoms with van der Waals surface area (Å²) in [6.07, 6.45) is 1.81. The van der Waals surface area contributed by atoms with Crippen LogP contribution in [-0.2, 0) is 6.54 Å². The van der Waals surface area contributed by atoms with E-state index in [9.17, 15) is 0 Å². The maximum absolute atomic E-state index is 8.74. The summed E-state index contributed by atoms with van der Waals surface area (Å²) in [5, 5.41) is 20.1. The van der Waals surface area contributed by atoms with Crippen molar-refractivity contribution in [3.8, 4) is 6.07 Å². The number of anilines is 1. The molecule has 0 saturated carbocycles. The van der Waals surface area contributed by atoms with Gasteiger partial charge in [-0.2, -0.15) is 10.4 Å². The maximum atomic E-state index is 8.74. The van der Waals surface area contributed by atoms with E-state index < -0.39 is 0 Å². The second kappa shape index (κ2) is 4.83. The Balaban J connectivity index is 1.72. The number of nitrogens with zero attached hydrogens (tertiary/aromatic N) is 2. The smallest absolute Gasteiger partial charge is 0.0991 e. The Kier molecular flexibility index (Phi) is 2.87. The monoisotopic (exact) mass is 248 g/mol. The van der Waals surface area contributed by atoms with Gasteiger partial charge in [-0.15, -0.1) is 0 Å². The van der Waals surface area contributed by atoms with Crippen molar-refractivity contribution in [1.29, 1.82) is 5.26 Å². The van der Waals surface area contributed by atoms with E-state index in [-0.39, 0.29) is 0 Å². The number of hydrogen-bond acceptors (Lipinski definition) is 3. The van der Waals surface area contributed by atoms with Crippen LogP contribution in [0.4, 0.5) is 5.69 Å². The molecule has 0 radical (unpaired) electrons. The van der Waals surface area contributed by atoms with Gasteiger partial charge >= 0.3 is 0 Å². The predicted octanol–water partition coefficient (Wildman–Crippen LogP) is 3.05. The molecule has 0 unspecified atom stereocenters. The van der Waals surface area contributed by atoms with Crippen LogP contribution in [0, 0.1) is 11.3 Å². The lowest BCUT2D eigenvalue weighted by atomic mass is 10.1. The maximum Gasteiger partial charge on any atom is 0.0991 e. The summed E-state index contributed by atoms with van der Waals surface area (Å²) in [7, 11) is 0. The molecule has 0 amide bonds. The molecule has 4 nitrogen and oxygen atoms in total. The van der Waals surface area contributed by atoms with Crippen LogP contribution in [-0.4, -0.2) is 10.2 Å². The van der Waals surface area contributed by atoms with E-state index in [4.69, 9.17) is 5.26 Å². The van der Waals surface area contributed by atoms with Crippen LogP contribution in [0.25, 0.3) is 10.9 Å². The van der Waals surface area contributed by atoms with Crippen molar-refractivity contribution in [3.05, 3.63) is 59.8 Å². The number of fused-ring (bicyclic) bond motifs is 1. The van der Waals surface area contributed by atoms with E-state index in [1.165, 1.54) is 0 Å². The van der Waals surface area contributed by atoms with Crippen LogP contribution in [0.15, 0.2) is 48.7 Å². The number of aromatic amines is 1. The first-order valence-electron chi connectivity index (χ1n) is 6.01. The molecule has 0 saturated heterocycles. The highest BCUT2D eigenvalue weighted by molar-refractivity contribution is 5.81. The molecule has 0 aliphatic heterocycles. The molecular formula is C15H12N4. The van der Waals surface area contributed by atoms with Gasteiger partial charge in [0, 0.05) is 17.6 Å². The second-order valence-electron chi connectivity index (χ2n) is 4.33. The highest BCUT2D eigenvalue weighted by Gasteiger charge is 1.98. The van der Waals surface area contributed by atoms with Crippen molar-refractivity contribution in [2.45, 2.75) is 6.54 Å². The molecule has 0 aliphatic carbocycles. The summed E-state index contributed by atoms with van der Waals surface area (Å²) in [6.45, 7) is 0.728. The van der Waals surface area contributed by atoms with Gasteiger partial charge in [0.25, 0.3) is 0 Å². The van der Waals surface area contributed by atoms with E-state index in [2.05, 4.69) is 21.6 Å². The summed E-state index contributed by atoms with van der Waals surface area (Å²) in [6, 6.07) is 15.8. The Morgan fingerprint density at radius 3 is 2.79 bits per heavy atom. The van der Waals surface area contributed by atoms with Crippen molar-refractivity contribution in [2.75, 3.05) is 5.32 Å². The van der Waals surface area contributed by atoms with E-state index in [1.54, 1.807) is 6.20 Å². The lowest BCUT2D eigenvalue weighted by molar-refractivity contribution is 1.12. The molecule has 19 heavy (non-hydrogen) atoms. The molecule has 0 aliphatic rings. The highest BCUT2D eigenvalue weighted by Crippen LogP contribution is 2.17. The van der Waals surface area contributed by atoms with Crippen molar-refractivity contribution < 1.29 is 0 Å². The van der Waals surface area contributed by atoms with E-state index >= 15 is 0 Å². The van der Waals surface area contributed by atoms with Gasteiger partial charge in [-0.25, -0.2) is 0 Å². The molecule has 0 spiro atoms. The first kappa shape index (κ1) is 11.3. The topological polar surface area (TPSA) is 64.5 Å². The first-order valence-corrected chi connectivity index (χ1v) is 6.01. The molecule has 3 rings (SSSR count). The van der Waals surface area contributed by atoms with Crippen LogP contribution in [0.5, 0.6) is 0 Å². The summed E-state index contributed by atoms with van der Waals surface area (Å²) in [5.74, 6) is 0. The van der Waals surface area contributed by atoms with Crippen molar-refractivity contribution >= 4 is 16.6 Å². The quantitative estimate of drug-likeness (QED) is 0.748. The van der Waals surface area contributed by atoms with Gasteiger partial charge in [0.1, 0.15) is 0 Å². The normalized spacial score (nSPS) is 10.3. The van der Waals surface area contributed by atoms with E-state index in [0.717, 1.165) is 28.7 Å². The van der Waals surface area contributed by atoms with Gasteiger partial charge in [-0.3, -0.25) is 5.10 Å². The van der Waals surface area contributed by atoms with Gasteiger partial charge in [-0.05, 0) is 35.9 Å². The third-order valence-electron chi connectivity index (χ3n) is 3.02. The Bertz CT molecular complexity index is 735. The minimum absolute atomic E-state index is 0.683. The number of benzene rings is 2. The molecule has 2 aromatic carbocycles.